The van der Waals surface area contributed by atoms with E-state index in [9.17, 15) is 9.59 Å². The molecule has 1 saturated heterocycles. The lowest BCUT2D eigenvalue weighted by Gasteiger charge is -2.24. The van der Waals surface area contributed by atoms with Crippen molar-refractivity contribution in [3.8, 4) is 11.5 Å². The molecule has 0 atom stereocenters. The molecule has 130 valence electrons. The molecule has 24 heavy (non-hydrogen) atoms. The first kappa shape index (κ1) is 18.3. The average Bonchev–Trinajstić information content (AvgIpc) is 2.49. The van der Waals surface area contributed by atoms with Gasteiger partial charge in [-0.15, -0.1) is 0 Å². The molecule has 2 rings (SSSR count). The van der Waals surface area contributed by atoms with Crippen LogP contribution >= 0.6 is 15.9 Å². The maximum Gasteiger partial charge on any atom is 0.270 e. The molecule has 0 radical (unpaired) electrons. The summed E-state index contributed by atoms with van der Waals surface area (Å²) in [5, 5.41) is 2.62. The number of benzene rings is 1. The minimum absolute atomic E-state index is 0.0258. The molecule has 1 heterocycles. The Kier molecular flexibility index (Phi) is 5.54. The predicted octanol–water partition coefficient (Wildman–Crippen LogP) is 2.48. The van der Waals surface area contributed by atoms with Crippen molar-refractivity contribution in [1.82, 2.24) is 10.2 Å². The molecule has 0 aliphatic carbocycles. The van der Waals surface area contributed by atoms with Gasteiger partial charge in [-0.3, -0.25) is 9.59 Å². The zero-order chi connectivity index (χ0) is 18.0. The van der Waals surface area contributed by atoms with Gasteiger partial charge in [-0.2, -0.15) is 0 Å². The molecule has 6 nitrogen and oxygen atoms in total. The molecule has 1 aliphatic rings. The monoisotopic (exact) mass is 396 g/mol. The van der Waals surface area contributed by atoms with Crippen molar-refractivity contribution < 1.29 is 19.1 Å². The summed E-state index contributed by atoms with van der Waals surface area (Å²) in [6.45, 7) is 5.80. The van der Waals surface area contributed by atoms with Crippen LogP contribution in [0.3, 0.4) is 0 Å². The Morgan fingerprint density at radius 2 is 2.04 bits per heavy atom. The molecule has 7 heteroatoms. The van der Waals surface area contributed by atoms with Crippen molar-refractivity contribution in [3.63, 3.8) is 0 Å². The van der Waals surface area contributed by atoms with Gasteiger partial charge in [-0.25, -0.2) is 0 Å². The van der Waals surface area contributed by atoms with Gasteiger partial charge in [-0.05, 0) is 54.4 Å². The number of piperazine rings is 1. The Balaban J connectivity index is 2.53. The number of carbonyl (C=O) groups is 2. The molecule has 1 fully saturated rings. The lowest BCUT2D eigenvalue weighted by Crippen LogP contribution is -2.47. The van der Waals surface area contributed by atoms with Crippen molar-refractivity contribution in [2.45, 2.75) is 26.9 Å². The van der Waals surface area contributed by atoms with Crippen LogP contribution in [0, 0.1) is 6.92 Å². The van der Waals surface area contributed by atoms with E-state index >= 15 is 0 Å². The van der Waals surface area contributed by atoms with E-state index in [0.29, 0.717) is 11.5 Å². The molecule has 0 aromatic heterocycles. The lowest BCUT2D eigenvalue weighted by molar-refractivity contribution is -0.135. The molecule has 1 aliphatic heterocycles. The largest absolute Gasteiger partial charge is 0.493 e. The quantitative estimate of drug-likeness (QED) is 0.793. The minimum Gasteiger partial charge on any atom is -0.493 e. The van der Waals surface area contributed by atoms with Crippen molar-refractivity contribution in [2.24, 2.45) is 0 Å². The molecule has 0 unspecified atom stereocenters. The Hall–Kier alpha value is -2.02. The van der Waals surface area contributed by atoms with E-state index in [0.717, 1.165) is 15.6 Å². The smallest absolute Gasteiger partial charge is 0.270 e. The second-order valence-corrected chi connectivity index (χ2v) is 6.66. The van der Waals surface area contributed by atoms with E-state index in [4.69, 9.17) is 9.47 Å². The molecule has 2 amide bonds. The maximum atomic E-state index is 12.2. The van der Waals surface area contributed by atoms with Crippen molar-refractivity contribution in [1.29, 1.82) is 0 Å². The highest BCUT2D eigenvalue weighted by atomic mass is 79.9. The number of amides is 2. The maximum absolute atomic E-state index is 12.2. The fraction of sp³-hybridized carbons (Fsp3) is 0.412. The normalized spacial score (nSPS) is 16.6. The average molecular weight is 397 g/mol. The van der Waals surface area contributed by atoms with Gasteiger partial charge in [0.05, 0.1) is 19.8 Å². The first-order valence-corrected chi connectivity index (χ1v) is 8.34. The number of halogens is 1. The topological polar surface area (TPSA) is 67.9 Å². The van der Waals surface area contributed by atoms with Crippen molar-refractivity contribution in [2.75, 3.05) is 20.7 Å². The highest BCUT2D eigenvalue weighted by Gasteiger charge is 2.25. The van der Waals surface area contributed by atoms with Gasteiger partial charge in [0.2, 0.25) is 5.91 Å². The van der Waals surface area contributed by atoms with Crippen LogP contribution in [0.25, 0.3) is 6.08 Å². The minimum atomic E-state index is -0.235. The molecule has 0 spiro atoms. The van der Waals surface area contributed by atoms with Gasteiger partial charge in [-0.1, -0.05) is 0 Å². The SMILES string of the molecule is COc1c(OC(C)C)cc(/C=C2\NC(=O)CN(C)C2=O)c(Br)c1C. The third-order valence-corrected chi connectivity index (χ3v) is 4.58. The zero-order valence-electron chi connectivity index (χ0n) is 14.4. The molecule has 1 aromatic carbocycles. The first-order valence-electron chi connectivity index (χ1n) is 7.55. The molecule has 0 saturated carbocycles. The molecule has 0 bridgehead atoms. The number of methoxy groups -OCH3 is 1. The first-order chi connectivity index (χ1) is 11.2. The summed E-state index contributed by atoms with van der Waals surface area (Å²) >= 11 is 3.53. The lowest BCUT2D eigenvalue weighted by atomic mass is 10.1. The summed E-state index contributed by atoms with van der Waals surface area (Å²) in [6, 6.07) is 1.79. The van der Waals surface area contributed by atoms with E-state index in [1.54, 1.807) is 26.3 Å². The highest BCUT2D eigenvalue weighted by Crippen LogP contribution is 2.39. The second-order valence-electron chi connectivity index (χ2n) is 5.87. The standard InChI is InChI=1S/C17H21BrN2O4/c1-9(2)24-13-7-11(15(18)10(3)16(13)23-5)6-12-17(22)20(4)8-14(21)19-12/h6-7,9H,8H2,1-5H3,(H,19,21)/b12-6-. The fourth-order valence-electron chi connectivity index (χ4n) is 2.46. The van der Waals surface area contributed by atoms with E-state index < -0.39 is 0 Å². The summed E-state index contributed by atoms with van der Waals surface area (Å²) < 4.78 is 12.0. The summed E-state index contributed by atoms with van der Waals surface area (Å²) in [4.78, 5) is 25.3. The van der Waals surface area contributed by atoms with Crippen LogP contribution in [0.2, 0.25) is 0 Å². The van der Waals surface area contributed by atoms with Crippen molar-refractivity contribution >= 4 is 33.8 Å². The van der Waals surface area contributed by atoms with Gasteiger partial charge in [0.15, 0.2) is 11.5 Å². The van der Waals surface area contributed by atoms with Crippen LogP contribution in [0.1, 0.15) is 25.0 Å². The van der Waals surface area contributed by atoms with Gasteiger partial charge in [0.1, 0.15) is 5.70 Å². The molecular weight excluding hydrogens is 376 g/mol. The number of nitrogens with zero attached hydrogens (tertiary/aromatic N) is 1. The number of hydrogen-bond acceptors (Lipinski definition) is 4. The van der Waals surface area contributed by atoms with Crippen LogP contribution in [-0.2, 0) is 9.59 Å². The van der Waals surface area contributed by atoms with Gasteiger partial charge >= 0.3 is 0 Å². The highest BCUT2D eigenvalue weighted by molar-refractivity contribution is 9.10. The van der Waals surface area contributed by atoms with Crippen LogP contribution in [-0.4, -0.2) is 43.5 Å². The Labute approximate surface area is 149 Å². The van der Waals surface area contributed by atoms with Crippen molar-refractivity contribution in [3.05, 3.63) is 27.4 Å². The van der Waals surface area contributed by atoms with Crippen LogP contribution < -0.4 is 14.8 Å². The molecule has 1 aromatic rings. The number of rotatable bonds is 4. The number of likely N-dealkylation sites (N-methyl/N-ethyl adjacent to an activating group) is 1. The van der Waals surface area contributed by atoms with E-state index in [1.807, 2.05) is 20.8 Å². The van der Waals surface area contributed by atoms with Gasteiger partial charge in [0, 0.05) is 17.1 Å². The third kappa shape index (κ3) is 3.72. The summed E-state index contributed by atoms with van der Waals surface area (Å²) in [7, 11) is 3.18. The second kappa shape index (κ2) is 7.25. The third-order valence-electron chi connectivity index (χ3n) is 3.53. The summed E-state index contributed by atoms with van der Waals surface area (Å²) in [6.07, 6.45) is 1.61. The van der Waals surface area contributed by atoms with E-state index in [-0.39, 0.29) is 30.2 Å². The van der Waals surface area contributed by atoms with E-state index in [2.05, 4.69) is 21.2 Å². The molecule has 1 N–H and O–H groups in total. The van der Waals surface area contributed by atoms with Crippen LogP contribution in [0.15, 0.2) is 16.2 Å². The Morgan fingerprint density at radius 3 is 2.62 bits per heavy atom. The predicted molar refractivity (Wildman–Crippen MR) is 95.0 cm³/mol. The summed E-state index contributed by atoms with van der Waals surface area (Å²) in [5.41, 5.74) is 1.81. The van der Waals surface area contributed by atoms with Gasteiger partial charge in [0.25, 0.3) is 5.91 Å². The number of ether oxygens (including phenoxy) is 2. The van der Waals surface area contributed by atoms with Crippen LogP contribution in [0.5, 0.6) is 11.5 Å². The Morgan fingerprint density at radius 1 is 1.38 bits per heavy atom. The number of hydrogen-bond donors (Lipinski definition) is 1. The summed E-state index contributed by atoms with van der Waals surface area (Å²) in [5.74, 6) is 0.765. The van der Waals surface area contributed by atoms with Gasteiger partial charge < -0.3 is 19.7 Å². The number of carbonyl (C=O) groups excluding carboxylic acids is 2. The Bertz CT molecular complexity index is 713. The van der Waals surface area contributed by atoms with E-state index in [1.165, 1.54) is 4.90 Å². The fourth-order valence-corrected chi connectivity index (χ4v) is 2.87. The zero-order valence-corrected chi connectivity index (χ0v) is 16.0. The van der Waals surface area contributed by atoms with Crippen LogP contribution in [0.4, 0.5) is 0 Å². The molecular formula is C17H21BrN2O4. The number of nitrogens with one attached hydrogen (secondary N) is 1.